The molecule has 3 nitrogen and oxygen atoms in total. The van der Waals surface area contributed by atoms with Crippen molar-refractivity contribution in [2.75, 3.05) is 5.75 Å². The third kappa shape index (κ3) is 2.39. The van der Waals surface area contributed by atoms with E-state index in [4.69, 9.17) is 5.11 Å². The van der Waals surface area contributed by atoms with Gasteiger partial charge in [-0.2, -0.15) is 0 Å². The molecule has 1 aliphatic rings. The lowest BCUT2D eigenvalue weighted by Crippen LogP contribution is -2.34. The highest BCUT2D eigenvalue weighted by Crippen LogP contribution is 2.35. The van der Waals surface area contributed by atoms with Gasteiger partial charge in [0.15, 0.2) is 0 Å². The van der Waals surface area contributed by atoms with Gasteiger partial charge in [-0.3, -0.25) is 10.1 Å². The fourth-order valence-electron chi connectivity index (χ4n) is 1.58. The molecule has 1 aromatic rings. The van der Waals surface area contributed by atoms with Crippen LogP contribution in [0.1, 0.15) is 10.9 Å². The Morgan fingerprint density at radius 3 is 2.41 bits per heavy atom. The molecule has 2 N–H and O–H groups in total. The Labute approximate surface area is 99.0 Å². The van der Waals surface area contributed by atoms with E-state index in [2.05, 4.69) is 5.32 Å². The van der Waals surface area contributed by atoms with Crippen LogP contribution in [0.5, 0.6) is 0 Å². The van der Waals surface area contributed by atoms with Crippen LogP contribution in [0.2, 0.25) is 0 Å². The Kier molecular flexibility index (Phi) is 3.30. The fraction of sp³-hybridized carbons (Fsp3) is 0.300. The summed E-state index contributed by atoms with van der Waals surface area (Å²) in [5.74, 6) is -3.91. The molecule has 1 heterocycles. The van der Waals surface area contributed by atoms with E-state index >= 15 is 0 Å². The first-order valence-electron chi connectivity index (χ1n) is 4.74. The Balaban J connectivity index is 2.27. The van der Waals surface area contributed by atoms with Gasteiger partial charge in [-0.25, -0.2) is 13.2 Å². The van der Waals surface area contributed by atoms with Crippen molar-refractivity contribution in [3.8, 4) is 0 Å². The van der Waals surface area contributed by atoms with Gasteiger partial charge in [-0.1, -0.05) is 0 Å². The van der Waals surface area contributed by atoms with E-state index in [0.717, 1.165) is 11.8 Å². The van der Waals surface area contributed by atoms with Crippen molar-refractivity contribution in [2.45, 2.75) is 11.4 Å². The molecule has 0 bridgehead atoms. The molecule has 0 radical (unpaired) electrons. The van der Waals surface area contributed by atoms with Crippen molar-refractivity contribution in [2.24, 2.45) is 0 Å². The molecule has 0 unspecified atom stereocenters. The van der Waals surface area contributed by atoms with Gasteiger partial charge in [0.05, 0.1) is 10.9 Å². The van der Waals surface area contributed by atoms with Crippen LogP contribution in [0, 0.1) is 17.5 Å². The van der Waals surface area contributed by atoms with Crippen LogP contribution in [0.15, 0.2) is 12.1 Å². The molecule has 1 aliphatic heterocycles. The van der Waals surface area contributed by atoms with Crippen LogP contribution < -0.4 is 5.32 Å². The monoisotopic (exact) mass is 263 g/mol. The zero-order valence-corrected chi connectivity index (χ0v) is 9.23. The van der Waals surface area contributed by atoms with Crippen molar-refractivity contribution < 1.29 is 23.1 Å². The molecular formula is C10H8F3NO2S. The van der Waals surface area contributed by atoms with Gasteiger partial charge in [0, 0.05) is 17.9 Å². The first kappa shape index (κ1) is 12.3. The van der Waals surface area contributed by atoms with E-state index in [1.54, 1.807) is 0 Å². The Bertz CT molecular complexity index is 446. The molecule has 2 rings (SSSR count). The fourth-order valence-corrected chi connectivity index (χ4v) is 2.86. The number of carboxylic acid groups (broad SMARTS) is 1. The third-order valence-electron chi connectivity index (χ3n) is 2.39. The zero-order valence-electron chi connectivity index (χ0n) is 8.41. The molecule has 92 valence electrons. The number of aliphatic carboxylic acids is 1. The first-order chi connectivity index (χ1) is 7.99. The highest BCUT2D eigenvalue weighted by molar-refractivity contribution is 7.99. The number of carbonyl (C=O) groups is 1. The maximum Gasteiger partial charge on any atom is 0.321 e. The van der Waals surface area contributed by atoms with E-state index in [1.165, 1.54) is 0 Å². The number of hydrogen-bond donors (Lipinski definition) is 2. The topological polar surface area (TPSA) is 49.3 Å². The summed E-state index contributed by atoms with van der Waals surface area (Å²) in [6, 6.07) is 0.303. The smallest absolute Gasteiger partial charge is 0.321 e. The molecule has 0 saturated carbocycles. The number of carboxylic acids is 1. The van der Waals surface area contributed by atoms with E-state index in [-0.39, 0.29) is 11.3 Å². The summed E-state index contributed by atoms with van der Waals surface area (Å²) in [6.45, 7) is 0. The van der Waals surface area contributed by atoms with Gasteiger partial charge >= 0.3 is 5.97 Å². The largest absolute Gasteiger partial charge is 0.480 e. The van der Waals surface area contributed by atoms with Crippen molar-refractivity contribution >= 4 is 17.7 Å². The molecule has 1 saturated heterocycles. The lowest BCUT2D eigenvalue weighted by atomic mass is 10.1. The average molecular weight is 263 g/mol. The number of hydrogen-bond acceptors (Lipinski definition) is 3. The van der Waals surface area contributed by atoms with E-state index < -0.39 is 34.8 Å². The second-order valence-electron chi connectivity index (χ2n) is 3.55. The highest BCUT2D eigenvalue weighted by Gasteiger charge is 2.33. The summed E-state index contributed by atoms with van der Waals surface area (Å²) < 4.78 is 39.5. The predicted molar refractivity (Wildman–Crippen MR) is 56.1 cm³/mol. The lowest BCUT2D eigenvalue weighted by Gasteiger charge is -2.13. The van der Waals surface area contributed by atoms with Gasteiger partial charge in [0.1, 0.15) is 23.5 Å². The molecular weight excluding hydrogens is 255 g/mol. The van der Waals surface area contributed by atoms with Crippen molar-refractivity contribution in [1.29, 1.82) is 0 Å². The van der Waals surface area contributed by atoms with Crippen LogP contribution in [-0.2, 0) is 4.79 Å². The molecule has 1 aromatic carbocycles. The summed E-state index contributed by atoms with van der Waals surface area (Å²) in [7, 11) is 0. The van der Waals surface area contributed by atoms with E-state index in [9.17, 15) is 18.0 Å². The van der Waals surface area contributed by atoms with Crippen molar-refractivity contribution in [3.63, 3.8) is 0 Å². The predicted octanol–water partition coefficient (Wildman–Crippen LogP) is 1.89. The quantitative estimate of drug-likeness (QED) is 0.855. The lowest BCUT2D eigenvalue weighted by molar-refractivity contribution is -0.138. The van der Waals surface area contributed by atoms with Crippen molar-refractivity contribution in [1.82, 2.24) is 5.32 Å². The summed E-state index contributed by atoms with van der Waals surface area (Å²) in [6.07, 6.45) is 0. The first-order valence-corrected chi connectivity index (χ1v) is 5.79. The molecule has 17 heavy (non-hydrogen) atoms. The second-order valence-corrected chi connectivity index (χ2v) is 4.69. The molecule has 0 amide bonds. The molecule has 0 aliphatic carbocycles. The molecule has 2 atom stereocenters. The number of halogens is 3. The molecule has 0 spiro atoms. The van der Waals surface area contributed by atoms with E-state index in [0.29, 0.717) is 12.1 Å². The maximum absolute atomic E-state index is 13.4. The average Bonchev–Trinajstić information content (AvgIpc) is 2.65. The van der Waals surface area contributed by atoms with Gasteiger partial charge in [-0.15, -0.1) is 11.8 Å². The Morgan fingerprint density at radius 1 is 1.35 bits per heavy atom. The summed E-state index contributed by atoms with van der Waals surface area (Å²) in [5, 5.41) is 10.5. The van der Waals surface area contributed by atoms with Gasteiger partial charge < -0.3 is 5.11 Å². The maximum atomic E-state index is 13.4. The summed E-state index contributed by atoms with van der Waals surface area (Å²) >= 11 is 1.07. The molecule has 0 aromatic heterocycles. The Hall–Kier alpha value is -1.21. The van der Waals surface area contributed by atoms with Crippen LogP contribution in [-0.4, -0.2) is 22.9 Å². The van der Waals surface area contributed by atoms with Crippen LogP contribution in [0.3, 0.4) is 0 Å². The van der Waals surface area contributed by atoms with Crippen LogP contribution in [0.25, 0.3) is 0 Å². The second kappa shape index (κ2) is 4.58. The number of benzene rings is 1. The highest BCUT2D eigenvalue weighted by atomic mass is 32.2. The third-order valence-corrected chi connectivity index (χ3v) is 3.62. The minimum absolute atomic E-state index is 0.205. The van der Waals surface area contributed by atoms with Crippen LogP contribution in [0.4, 0.5) is 13.2 Å². The normalized spacial score (nSPS) is 23.9. The number of thioether (sulfide) groups is 1. The summed E-state index contributed by atoms with van der Waals surface area (Å²) in [4.78, 5) is 10.7. The number of rotatable bonds is 2. The molecule has 7 heteroatoms. The zero-order chi connectivity index (χ0) is 12.6. The van der Waals surface area contributed by atoms with Crippen LogP contribution >= 0.6 is 11.8 Å². The standard InChI is InChI=1S/C10H8F3NO2S/c11-4-1-5(12)8(6(13)2-4)9-14-7(3-17-9)10(15)16/h1-2,7,9,14H,3H2,(H,15,16)/t7-,9-/m0/s1. The van der Waals surface area contributed by atoms with Gasteiger partial charge in [0.25, 0.3) is 0 Å². The van der Waals surface area contributed by atoms with Gasteiger partial charge in [-0.05, 0) is 0 Å². The minimum atomic E-state index is -1.08. The molecule has 1 fully saturated rings. The van der Waals surface area contributed by atoms with E-state index in [1.807, 2.05) is 0 Å². The number of nitrogens with one attached hydrogen (secondary N) is 1. The SMILES string of the molecule is O=C(O)[C@@H]1CS[C@@H](c2c(F)cc(F)cc2F)N1. The Morgan fingerprint density at radius 2 is 1.94 bits per heavy atom. The summed E-state index contributed by atoms with van der Waals surface area (Å²) in [5.41, 5.74) is -0.333. The van der Waals surface area contributed by atoms with Crippen molar-refractivity contribution in [3.05, 3.63) is 35.1 Å². The minimum Gasteiger partial charge on any atom is -0.480 e. The van der Waals surface area contributed by atoms with Gasteiger partial charge in [0.2, 0.25) is 0 Å².